The highest BCUT2D eigenvalue weighted by molar-refractivity contribution is 7.99. The van der Waals surface area contributed by atoms with Gasteiger partial charge in [0.1, 0.15) is 5.25 Å². The topological polar surface area (TPSA) is 70.4 Å². The van der Waals surface area contributed by atoms with Crippen molar-refractivity contribution >= 4 is 23.5 Å². The third-order valence-corrected chi connectivity index (χ3v) is 6.02. The molecule has 0 aromatic heterocycles. The third-order valence-electron chi connectivity index (χ3n) is 4.83. The average molecular weight is 304 g/mol. The van der Waals surface area contributed by atoms with Gasteiger partial charge in [-0.05, 0) is 36.0 Å². The average Bonchev–Trinajstić information content (AvgIpc) is 3.10. The van der Waals surface area contributed by atoms with Gasteiger partial charge in [0.25, 0.3) is 0 Å². The van der Waals surface area contributed by atoms with E-state index in [1.165, 1.54) is 41.6 Å². The summed E-state index contributed by atoms with van der Waals surface area (Å²) in [5.74, 6) is 0.788. The molecule has 4 N–H and O–H groups in total. The van der Waals surface area contributed by atoms with E-state index in [1.807, 2.05) is 7.05 Å². The van der Waals surface area contributed by atoms with Crippen LogP contribution in [-0.4, -0.2) is 18.2 Å². The summed E-state index contributed by atoms with van der Waals surface area (Å²) >= 11 is 1.51. The van der Waals surface area contributed by atoms with Gasteiger partial charge in [-0.1, -0.05) is 24.1 Å². The van der Waals surface area contributed by atoms with Crippen molar-refractivity contribution in [2.45, 2.75) is 30.7 Å². The first-order valence-electron chi connectivity index (χ1n) is 7.45. The number of fused-ring (bicyclic) bond motifs is 1. The van der Waals surface area contributed by atoms with E-state index in [2.05, 4.69) is 33.4 Å². The van der Waals surface area contributed by atoms with E-state index in [-0.39, 0.29) is 17.2 Å². The molecule has 1 aliphatic carbocycles. The number of hydrogen-bond acceptors (Lipinski definition) is 5. The fourth-order valence-electron chi connectivity index (χ4n) is 3.57. The van der Waals surface area contributed by atoms with Crippen molar-refractivity contribution in [3.63, 3.8) is 0 Å². The predicted octanol–water partition coefficient (Wildman–Crippen LogP) is 1.31. The number of nitrogens with one attached hydrogen (secondary N) is 2. The van der Waals surface area contributed by atoms with Gasteiger partial charge in [0.05, 0.1) is 5.69 Å². The first-order chi connectivity index (χ1) is 10.1. The second kappa shape index (κ2) is 4.90. The van der Waals surface area contributed by atoms with Crippen LogP contribution < -0.4 is 20.9 Å². The van der Waals surface area contributed by atoms with Gasteiger partial charge in [-0.15, -0.1) is 0 Å². The van der Waals surface area contributed by atoms with Gasteiger partial charge in [-0.2, -0.15) is 0 Å². The molecule has 1 aromatic rings. The number of carbonyl (C=O) groups is 1. The van der Waals surface area contributed by atoms with Gasteiger partial charge >= 0.3 is 0 Å². The summed E-state index contributed by atoms with van der Waals surface area (Å²) in [4.78, 5) is 11.7. The fourth-order valence-corrected chi connectivity index (χ4v) is 4.81. The largest absolute Gasteiger partial charge is 0.369 e. The van der Waals surface area contributed by atoms with Crippen molar-refractivity contribution in [3.05, 3.63) is 29.3 Å². The van der Waals surface area contributed by atoms with Crippen LogP contribution in [0.1, 0.15) is 30.0 Å². The molecule has 0 radical (unpaired) electrons. The number of benzene rings is 1. The molecule has 1 aromatic carbocycles. The van der Waals surface area contributed by atoms with Crippen LogP contribution in [0, 0.1) is 11.8 Å². The summed E-state index contributed by atoms with van der Waals surface area (Å²) < 4.78 is 3.46. The Bertz CT molecular complexity index is 589. The molecule has 112 valence electrons. The highest BCUT2D eigenvalue weighted by atomic mass is 32.2. The van der Waals surface area contributed by atoms with Crippen molar-refractivity contribution in [1.82, 2.24) is 10.1 Å². The lowest BCUT2D eigenvalue weighted by atomic mass is 9.86. The Morgan fingerprint density at radius 3 is 2.95 bits per heavy atom. The number of primary amides is 1. The SMILES string of the molecule is CN1NCc2cc(C3NSC(C(N)=O)C3C3CC3)ccc21. The van der Waals surface area contributed by atoms with Gasteiger partial charge in [-0.3, -0.25) is 9.52 Å². The molecule has 2 fully saturated rings. The molecule has 6 heteroatoms. The number of carbonyl (C=O) groups excluding carboxylic acids is 1. The van der Waals surface area contributed by atoms with E-state index in [0.717, 1.165) is 6.54 Å². The Labute approximate surface area is 128 Å². The van der Waals surface area contributed by atoms with E-state index in [9.17, 15) is 4.79 Å². The molecular formula is C15H20N4OS. The first kappa shape index (κ1) is 13.4. The number of nitrogens with zero attached hydrogens (tertiary/aromatic N) is 1. The molecule has 21 heavy (non-hydrogen) atoms. The highest BCUT2D eigenvalue weighted by Crippen LogP contribution is 2.51. The molecule has 1 amide bonds. The van der Waals surface area contributed by atoms with Gasteiger partial charge in [0.15, 0.2) is 0 Å². The Balaban J connectivity index is 1.65. The number of hydrogen-bond donors (Lipinski definition) is 3. The second-order valence-electron chi connectivity index (χ2n) is 6.23. The molecular weight excluding hydrogens is 284 g/mol. The maximum atomic E-state index is 11.7. The maximum Gasteiger partial charge on any atom is 0.232 e. The molecule has 0 bridgehead atoms. The quantitative estimate of drug-likeness (QED) is 0.735. The predicted molar refractivity (Wildman–Crippen MR) is 84.3 cm³/mol. The van der Waals surface area contributed by atoms with Gasteiger partial charge < -0.3 is 10.7 Å². The maximum absolute atomic E-state index is 11.7. The van der Waals surface area contributed by atoms with E-state index in [1.54, 1.807) is 0 Å². The third kappa shape index (κ3) is 2.22. The van der Waals surface area contributed by atoms with Gasteiger partial charge in [0, 0.05) is 25.6 Å². The van der Waals surface area contributed by atoms with Crippen LogP contribution in [0.3, 0.4) is 0 Å². The van der Waals surface area contributed by atoms with Gasteiger partial charge in [0.2, 0.25) is 5.91 Å². The summed E-state index contributed by atoms with van der Waals surface area (Å²) in [6.45, 7) is 0.868. The van der Waals surface area contributed by atoms with Crippen molar-refractivity contribution in [2.75, 3.05) is 12.1 Å². The van der Waals surface area contributed by atoms with Crippen molar-refractivity contribution < 1.29 is 4.79 Å². The normalized spacial score (nSPS) is 31.5. The van der Waals surface area contributed by atoms with Crippen LogP contribution in [0.15, 0.2) is 18.2 Å². The second-order valence-corrected chi connectivity index (χ2v) is 7.21. The lowest BCUT2D eigenvalue weighted by molar-refractivity contribution is -0.118. The molecule has 3 unspecified atom stereocenters. The van der Waals surface area contributed by atoms with Crippen LogP contribution in [0.4, 0.5) is 5.69 Å². The Kier molecular flexibility index (Phi) is 3.13. The molecule has 3 atom stereocenters. The minimum Gasteiger partial charge on any atom is -0.369 e. The van der Waals surface area contributed by atoms with E-state index in [0.29, 0.717) is 11.8 Å². The summed E-state index contributed by atoms with van der Waals surface area (Å²) in [6, 6.07) is 6.84. The zero-order chi connectivity index (χ0) is 14.6. The number of amides is 1. The van der Waals surface area contributed by atoms with Crippen LogP contribution in [0.25, 0.3) is 0 Å². The molecule has 1 saturated carbocycles. The van der Waals surface area contributed by atoms with Crippen LogP contribution in [0.2, 0.25) is 0 Å². The van der Waals surface area contributed by atoms with E-state index in [4.69, 9.17) is 5.73 Å². The molecule has 1 saturated heterocycles. The lowest BCUT2D eigenvalue weighted by Gasteiger charge is -2.22. The Morgan fingerprint density at radius 2 is 2.24 bits per heavy atom. The van der Waals surface area contributed by atoms with E-state index >= 15 is 0 Å². The number of nitrogens with two attached hydrogens (primary N) is 1. The minimum absolute atomic E-state index is 0.100. The van der Waals surface area contributed by atoms with Crippen LogP contribution in [0.5, 0.6) is 0 Å². The molecule has 2 heterocycles. The zero-order valence-corrected chi connectivity index (χ0v) is 12.8. The first-order valence-corrected chi connectivity index (χ1v) is 8.33. The molecule has 0 spiro atoms. The Hall–Kier alpha value is -1.24. The zero-order valence-electron chi connectivity index (χ0n) is 12.0. The van der Waals surface area contributed by atoms with Crippen LogP contribution in [-0.2, 0) is 11.3 Å². The van der Waals surface area contributed by atoms with Crippen molar-refractivity contribution in [2.24, 2.45) is 17.6 Å². The van der Waals surface area contributed by atoms with Crippen LogP contribution >= 0.6 is 11.9 Å². The lowest BCUT2D eigenvalue weighted by Crippen LogP contribution is -2.32. The standard InChI is InChI=1S/C15H20N4OS/c1-19-11-5-4-9(6-10(11)7-17-19)13-12(8-2-3-8)14(15(16)20)21-18-13/h4-6,8,12-14,17-18H,2-3,7H2,1H3,(H2,16,20). The Morgan fingerprint density at radius 1 is 1.43 bits per heavy atom. The molecule has 5 nitrogen and oxygen atoms in total. The fraction of sp³-hybridized carbons (Fsp3) is 0.533. The van der Waals surface area contributed by atoms with E-state index < -0.39 is 0 Å². The molecule has 3 aliphatic rings. The molecule has 4 rings (SSSR count). The minimum atomic E-state index is -0.186. The summed E-state index contributed by atoms with van der Waals surface area (Å²) in [6.07, 6.45) is 2.45. The number of rotatable bonds is 3. The monoisotopic (exact) mass is 304 g/mol. The summed E-state index contributed by atoms with van der Waals surface area (Å²) in [5, 5.41) is 1.96. The van der Waals surface area contributed by atoms with Crippen molar-refractivity contribution in [3.8, 4) is 0 Å². The van der Waals surface area contributed by atoms with Gasteiger partial charge in [-0.25, -0.2) is 5.43 Å². The molecule has 2 aliphatic heterocycles. The number of hydrazine groups is 1. The smallest absolute Gasteiger partial charge is 0.232 e. The highest BCUT2D eigenvalue weighted by Gasteiger charge is 2.48. The summed E-state index contributed by atoms with van der Waals surface area (Å²) in [7, 11) is 2.03. The summed E-state index contributed by atoms with van der Waals surface area (Å²) in [5.41, 5.74) is 12.7. The van der Waals surface area contributed by atoms with Crippen molar-refractivity contribution in [1.29, 1.82) is 0 Å². The number of anilines is 1.